The van der Waals surface area contributed by atoms with Crippen LogP contribution in [0, 0.1) is 5.92 Å². The predicted octanol–water partition coefficient (Wildman–Crippen LogP) is 1.13. The van der Waals surface area contributed by atoms with Crippen molar-refractivity contribution < 1.29 is 5.11 Å². The fourth-order valence-electron chi connectivity index (χ4n) is 3.51. The number of aliphatic hydroxyl groups excluding tert-OH is 1. The van der Waals surface area contributed by atoms with Gasteiger partial charge in [0.25, 0.3) is 0 Å². The third kappa shape index (κ3) is 6.68. The van der Waals surface area contributed by atoms with Crippen molar-refractivity contribution in [3.8, 4) is 0 Å². The highest BCUT2D eigenvalue weighted by molar-refractivity contribution is 5.79. The van der Waals surface area contributed by atoms with E-state index in [1.54, 1.807) is 4.68 Å². The second-order valence-electron chi connectivity index (χ2n) is 7.20. The molecule has 3 N–H and O–H groups in total. The maximum Gasteiger partial charge on any atom is 0.345 e. The SMILES string of the molecule is CCCC(CCO)CN=C(NCC)NCCCn1nc2n(c1=O)CCCC2. The molecule has 0 radical (unpaired) electrons. The molecule has 8 nitrogen and oxygen atoms in total. The Bertz CT molecular complexity index is 631. The number of guanidine groups is 1. The largest absolute Gasteiger partial charge is 0.396 e. The molecule has 8 heteroatoms. The Morgan fingerprint density at radius 2 is 2.15 bits per heavy atom. The van der Waals surface area contributed by atoms with Crippen LogP contribution in [0.1, 0.15) is 58.2 Å². The summed E-state index contributed by atoms with van der Waals surface area (Å²) in [5, 5.41) is 20.3. The number of fused-ring (bicyclic) bond motifs is 1. The first-order chi connectivity index (χ1) is 13.2. The van der Waals surface area contributed by atoms with E-state index < -0.39 is 0 Å². The van der Waals surface area contributed by atoms with Crippen LogP contribution in [0.4, 0.5) is 0 Å². The summed E-state index contributed by atoms with van der Waals surface area (Å²) in [7, 11) is 0. The van der Waals surface area contributed by atoms with Gasteiger partial charge in [-0.2, -0.15) is 5.10 Å². The van der Waals surface area contributed by atoms with Crippen molar-refractivity contribution in [1.82, 2.24) is 25.0 Å². The zero-order chi connectivity index (χ0) is 19.5. The van der Waals surface area contributed by atoms with E-state index in [9.17, 15) is 9.90 Å². The Morgan fingerprint density at radius 1 is 1.30 bits per heavy atom. The lowest BCUT2D eigenvalue weighted by Crippen LogP contribution is -2.38. The highest BCUT2D eigenvalue weighted by Gasteiger charge is 2.16. The average molecular weight is 381 g/mol. The second-order valence-corrected chi connectivity index (χ2v) is 7.20. The van der Waals surface area contributed by atoms with E-state index in [1.165, 1.54) is 0 Å². The van der Waals surface area contributed by atoms with Crippen LogP contribution in [0.15, 0.2) is 9.79 Å². The van der Waals surface area contributed by atoms with Crippen LogP contribution < -0.4 is 16.3 Å². The Labute approximate surface area is 162 Å². The van der Waals surface area contributed by atoms with Gasteiger partial charge in [-0.1, -0.05) is 13.3 Å². The molecule has 0 aliphatic carbocycles. The Balaban J connectivity index is 1.81. The molecule has 0 saturated heterocycles. The highest BCUT2D eigenvalue weighted by atomic mass is 16.3. The minimum absolute atomic E-state index is 0.0247. The topological polar surface area (TPSA) is 96.5 Å². The molecule has 0 fully saturated rings. The zero-order valence-electron chi connectivity index (χ0n) is 16.9. The maximum absolute atomic E-state index is 12.3. The number of nitrogens with one attached hydrogen (secondary N) is 2. The molecule has 1 aromatic heterocycles. The van der Waals surface area contributed by atoms with Crippen molar-refractivity contribution in [2.45, 2.75) is 71.9 Å². The number of aliphatic imine (C=N–C) groups is 1. The van der Waals surface area contributed by atoms with Crippen LogP contribution >= 0.6 is 0 Å². The third-order valence-corrected chi connectivity index (χ3v) is 4.96. The molecule has 0 spiro atoms. The summed E-state index contributed by atoms with van der Waals surface area (Å²) in [6, 6.07) is 0. The van der Waals surface area contributed by atoms with Gasteiger partial charge in [0.2, 0.25) is 0 Å². The van der Waals surface area contributed by atoms with Gasteiger partial charge in [0.1, 0.15) is 5.82 Å². The fraction of sp³-hybridized carbons (Fsp3) is 0.842. The number of aromatic nitrogens is 3. The number of aliphatic hydroxyl groups is 1. The zero-order valence-corrected chi connectivity index (χ0v) is 16.9. The molecule has 1 atom stereocenters. The molecule has 1 aliphatic heterocycles. The van der Waals surface area contributed by atoms with Crippen molar-refractivity contribution in [3.05, 3.63) is 16.3 Å². The standard InChI is InChI=1S/C19H36N6O2/c1-3-8-16(10-14-26)15-22-18(20-4-2)21-11-7-13-25-19(27)24-12-6-5-9-17(24)23-25/h16,26H,3-15H2,1-2H3,(H2,20,21,22). The van der Waals surface area contributed by atoms with E-state index in [0.29, 0.717) is 12.5 Å². The van der Waals surface area contributed by atoms with Crippen molar-refractivity contribution in [3.63, 3.8) is 0 Å². The lowest BCUT2D eigenvalue weighted by molar-refractivity contribution is 0.253. The molecule has 2 heterocycles. The van der Waals surface area contributed by atoms with Gasteiger partial charge in [0, 0.05) is 45.8 Å². The summed E-state index contributed by atoms with van der Waals surface area (Å²) in [4.78, 5) is 17.0. The van der Waals surface area contributed by atoms with Crippen LogP contribution in [-0.2, 0) is 19.5 Å². The van der Waals surface area contributed by atoms with Crippen molar-refractivity contribution in [2.24, 2.45) is 10.9 Å². The van der Waals surface area contributed by atoms with Crippen molar-refractivity contribution in [2.75, 3.05) is 26.2 Å². The molecule has 0 saturated carbocycles. The van der Waals surface area contributed by atoms with E-state index in [1.807, 2.05) is 11.5 Å². The lowest BCUT2D eigenvalue weighted by Gasteiger charge is -2.15. The fourth-order valence-corrected chi connectivity index (χ4v) is 3.51. The van der Waals surface area contributed by atoms with Gasteiger partial charge < -0.3 is 15.7 Å². The van der Waals surface area contributed by atoms with Gasteiger partial charge in [-0.15, -0.1) is 0 Å². The molecule has 0 amide bonds. The smallest absolute Gasteiger partial charge is 0.345 e. The van der Waals surface area contributed by atoms with Gasteiger partial charge in [-0.05, 0) is 44.9 Å². The van der Waals surface area contributed by atoms with Gasteiger partial charge in [0.05, 0.1) is 0 Å². The number of hydrogen-bond donors (Lipinski definition) is 3. The van der Waals surface area contributed by atoms with E-state index >= 15 is 0 Å². The lowest BCUT2D eigenvalue weighted by atomic mass is 10.0. The summed E-state index contributed by atoms with van der Waals surface area (Å²) >= 11 is 0. The number of nitrogens with zero attached hydrogens (tertiary/aromatic N) is 4. The minimum atomic E-state index is 0.0247. The highest BCUT2D eigenvalue weighted by Crippen LogP contribution is 2.11. The molecule has 2 rings (SSSR count). The van der Waals surface area contributed by atoms with Gasteiger partial charge in [-0.3, -0.25) is 9.56 Å². The second kappa shape index (κ2) is 11.8. The van der Waals surface area contributed by atoms with Crippen LogP contribution in [0.25, 0.3) is 0 Å². The molecule has 1 unspecified atom stereocenters. The molecular weight excluding hydrogens is 344 g/mol. The first-order valence-corrected chi connectivity index (χ1v) is 10.5. The van der Waals surface area contributed by atoms with Gasteiger partial charge >= 0.3 is 5.69 Å². The Kier molecular flexibility index (Phi) is 9.38. The number of rotatable bonds is 11. The Hall–Kier alpha value is -1.83. The predicted molar refractivity (Wildman–Crippen MR) is 108 cm³/mol. The van der Waals surface area contributed by atoms with Gasteiger partial charge in [0.15, 0.2) is 5.96 Å². The Morgan fingerprint density at radius 3 is 2.85 bits per heavy atom. The summed E-state index contributed by atoms with van der Waals surface area (Å²) < 4.78 is 3.42. The minimum Gasteiger partial charge on any atom is -0.396 e. The quantitative estimate of drug-likeness (QED) is 0.304. The van der Waals surface area contributed by atoms with E-state index in [2.05, 4.69) is 27.6 Å². The maximum atomic E-state index is 12.3. The normalized spacial score (nSPS) is 15.4. The molecule has 1 aliphatic rings. The molecule has 0 aromatic carbocycles. The van der Waals surface area contributed by atoms with Crippen LogP contribution in [-0.4, -0.2) is 51.7 Å². The van der Waals surface area contributed by atoms with Crippen molar-refractivity contribution >= 4 is 5.96 Å². The van der Waals surface area contributed by atoms with Crippen LogP contribution in [0.3, 0.4) is 0 Å². The summed E-state index contributed by atoms with van der Waals surface area (Å²) in [6.07, 6.45) is 6.89. The molecular formula is C19H36N6O2. The first kappa shape index (κ1) is 21.5. The monoisotopic (exact) mass is 380 g/mol. The van der Waals surface area contributed by atoms with E-state index in [-0.39, 0.29) is 12.3 Å². The van der Waals surface area contributed by atoms with E-state index in [4.69, 9.17) is 0 Å². The molecule has 0 bridgehead atoms. The summed E-state index contributed by atoms with van der Waals surface area (Å²) in [5.74, 6) is 2.15. The number of hydrogen-bond acceptors (Lipinski definition) is 4. The average Bonchev–Trinajstić information content (AvgIpc) is 2.99. The molecule has 27 heavy (non-hydrogen) atoms. The van der Waals surface area contributed by atoms with Crippen LogP contribution in [0.2, 0.25) is 0 Å². The summed E-state index contributed by atoms with van der Waals surface area (Å²) in [6.45, 7) is 8.10. The summed E-state index contributed by atoms with van der Waals surface area (Å²) in [5.41, 5.74) is 0.0247. The number of aryl methyl sites for hydroxylation is 2. The van der Waals surface area contributed by atoms with Gasteiger partial charge in [-0.25, -0.2) is 9.48 Å². The molecule has 1 aromatic rings. The third-order valence-electron chi connectivity index (χ3n) is 4.96. The van der Waals surface area contributed by atoms with Crippen molar-refractivity contribution in [1.29, 1.82) is 0 Å². The first-order valence-electron chi connectivity index (χ1n) is 10.5. The van der Waals surface area contributed by atoms with E-state index in [0.717, 1.165) is 82.9 Å². The molecule has 154 valence electrons. The van der Waals surface area contributed by atoms with Crippen LogP contribution in [0.5, 0.6) is 0 Å².